The van der Waals surface area contributed by atoms with E-state index in [9.17, 15) is 17.6 Å². The summed E-state index contributed by atoms with van der Waals surface area (Å²) in [6, 6.07) is 9.17. The lowest BCUT2D eigenvalue weighted by molar-refractivity contribution is 0.0950. The summed E-state index contributed by atoms with van der Waals surface area (Å²) >= 11 is 0. The molecule has 5 nitrogen and oxygen atoms in total. The van der Waals surface area contributed by atoms with Crippen molar-refractivity contribution >= 4 is 15.9 Å². The third-order valence-corrected chi connectivity index (χ3v) is 5.65. The van der Waals surface area contributed by atoms with E-state index in [4.69, 9.17) is 0 Å². The molecule has 7 heteroatoms. The Balaban J connectivity index is 2.22. The topological polar surface area (TPSA) is 75.3 Å². The molecule has 0 aromatic heterocycles. The van der Waals surface area contributed by atoms with E-state index in [1.807, 2.05) is 0 Å². The molecule has 0 fully saturated rings. The molecular weight excluding hydrogens is 367 g/mol. The van der Waals surface area contributed by atoms with Crippen molar-refractivity contribution in [3.05, 3.63) is 64.5 Å². The maximum atomic E-state index is 13.6. The van der Waals surface area contributed by atoms with Gasteiger partial charge in [-0.05, 0) is 69.5 Å². The molecule has 1 amide bonds. The van der Waals surface area contributed by atoms with E-state index in [1.54, 1.807) is 52.8 Å². The fourth-order valence-electron chi connectivity index (χ4n) is 2.50. The van der Waals surface area contributed by atoms with Gasteiger partial charge in [-0.15, -0.1) is 0 Å². The normalized spacial score (nSPS) is 12.1. The van der Waals surface area contributed by atoms with Gasteiger partial charge in [-0.2, -0.15) is 0 Å². The third-order valence-electron chi connectivity index (χ3n) is 3.89. The maximum absolute atomic E-state index is 13.6. The zero-order valence-electron chi connectivity index (χ0n) is 16.2. The highest BCUT2D eigenvalue weighted by molar-refractivity contribution is 7.89. The molecular formula is C20H25FN2O3S. The van der Waals surface area contributed by atoms with Crippen molar-refractivity contribution in [3.8, 4) is 0 Å². The Morgan fingerprint density at radius 1 is 1.04 bits per heavy atom. The molecule has 27 heavy (non-hydrogen) atoms. The largest absolute Gasteiger partial charge is 0.348 e. The van der Waals surface area contributed by atoms with Crippen LogP contribution in [0.2, 0.25) is 0 Å². The van der Waals surface area contributed by atoms with Crippen LogP contribution in [0.25, 0.3) is 0 Å². The number of halogens is 1. The molecule has 2 aromatic carbocycles. The number of nitrogens with one attached hydrogen (secondary N) is 2. The average Bonchev–Trinajstić information content (AvgIpc) is 2.53. The van der Waals surface area contributed by atoms with Crippen LogP contribution < -0.4 is 10.0 Å². The van der Waals surface area contributed by atoms with E-state index in [-0.39, 0.29) is 22.8 Å². The minimum absolute atomic E-state index is 0.0227. The zero-order chi connectivity index (χ0) is 20.4. The molecule has 0 aliphatic heterocycles. The van der Waals surface area contributed by atoms with Gasteiger partial charge in [0.15, 0.2) is 0 Å². The van der Waals surface area contributed by atoms with E-state index < -0.39 is 21.5 Å². The fraction of sp³-hybridized carbons (Fsp3) is 0.350. The average molecular weight is 392 g/mol. The third kappa shape index (κ3) is 5.61. The Hall–Kier alpha value is -2.25. The van der Waals surface area contributed by atoms with Gasteiger partial charge >= 0.3 is 0 Å². The summed E-state index contributed by atoms with van der Waals surface area (Å²) in [5.41, 5.74) is 1.44. The van der Waals surface area contributed by atoms with Crippen LogP contribution in [0.3, 0.4) is 0 Å². The minimum atomic E-state index is -3.75. The van der Waals surface area contributed by atoms with Gasteiger partial charge in [-0.1, -0.05) is 18.2 Å². The summed E-state index contributed by atoms with van der Waals surface area (Å²) in [6.45, 7) is 8.77. The second-order valence-corrected chi connectivity index (χ2v) is 9.28. The number of benzene rings is 2. The summed E-state index contributed by atoms with van der Waals surface area (Å²) in [5, 5.41) is 2.71. The van der Waals surface area contributed by atoms with E-state index in [2.05, 4.69) is 10.0 Å². The first-order valence-corrected chi connectivity index (χ1v) is 10.1. The van der Waals surface area contributed by atoms with Crippen LogP contribution in [0.4, 0.5) is 4.39 Å². The highest BCUT2D eigenvalue weighted by atomic mass is 32.2. The summed E-state index contributed by atoms with van der Waals surface area (Å²) in [4.78, 5) is 12.6. The molecule has 0 spiro atoms. The molecule has 0 bridgehead atoms. The zero-order valence-corrected chi connectivity index (χ0v) is 17.0. The van der Waals surface area contributed by atoms with Crippen LogP contribution in [-0.2, 0) is 16.6 Å². The van der Waals surface area contributed by atoms with E-state index in [0.29, 0.717) is 16.7 Å². The van der Waals surface area contributed by atoms with Crippen molar-refractivity contribution in [2.24, 2.45) is 0 Å². The predicted molar refractivity (Wildman–Crippen MR) is 104 cm³/mol. The number of carbonyl (C=O) groups excluding carboxylic acids is 1. The lowest BCUT2D eigenvalue weighted by Gasteiger charge is -2.20. The quantitative estimate of drug-likeness (QED) is 0.818. The van der Waals surface area contributed by atoms with Gasteiger partial charge in [0.05, 0.1) is 4.90 Å². The van der Waals surface area contributed by atoms with Crippen LogP contribution in [-0.4, -0.2) is 19.9 Å². The van der Waals surface area contributed by atoms with Crippen molar-refractivity contribution in [2.75, 3.05) is 0 Å². The highest BCUT2D eigenvalue weighted by Gasteiger charge is 2.23. The van der Waals surface area contributed by atoms with Gasteiger partial charge in [0.1, 0.15) is 5.82 Å². The van der Waals surface area contributed by atoms with Crippen molar-refractivity contribution in [1.29, 1.82) is 0 Å². The molecule has 0 aliphatic rings. The van der Waals surface area contributed by atoms with Crippen LogP contribution in [0.5, 0.6) is 0 Å². The summed E-state index contributed by atoms with van der Waals surface area (Å²) in [5.74, 6) is -0.749. The Morgan fingerprint density at radius 2 is 1.67 bits per heavy atom. The number of rotatable bonds is 5. The molecule has 0 aliphatic carbocycles. The summed E-state index contributed by atoms with van der Waals surface area (Å²) in [7, 11) is -3.75. The van der Waals surface area contributed by atoms with Crippen molar-refractivity contribution in [1.82, 2.24) is 10.0 Å². The Bertz CT molecular complexity index is 964. The highest BCUT2D eigenvalue weighted by Crippen LogP contribution is 2.18. The van der Waals surface area contributed by atoms with Crippen molar-refractivity contribution in [2.45, 2.75) is 51.6 Å². The standard InChI is InChI=1S/C20H25FN2O3S/c1-13-7-9-16(27(25,26)23-20(3,4)5)11-17(13)19(24)22-12-15-8-6-14(2)18(21)10-15/h6-11,23H,12H2,1-5H3,(H,22,24). The fourth-order valence-corrected chi connectivity index (χ4v) is 3.94. The molecule has 0 saturated carbocycles. The van der Waals surface area contributed by atoms with Gasteiger partial charge in [0.25, 0.3) is 5.91 Å². The lowest BCUT2D eigenvalue weighted by atomic mass is 10.1. The number of hydrogen-bond donors (Lipinski definition) is 2. The molecule has 0 saturated heterocycles. The van der Waals surface area contributed by atoms with E-state index in [0.717, 1.165) is 0 Å². The molecule has 2 rings (SSSR count). The van der Waals surface area contributed by atoms with Crippen LogP contribution in [0.1, 0.15) is 47.8 Å². The number of hydrogen-bond acceptors (Lipinski definition) is 3. The van der Waals surface area contributed by atoms with Gasteiger partial charge in [0, 0.05) is 17.6 Å². The van der Waals surface area contributed by atoms with Crippen LogP contribution in [0, 0.1) is 19.7 Å². The first kappa shape index (κ1) is 21.1. The molecule has 0 atom stereocenters. The molecule has 2 N–H and O–H groups in total. The minimum Gasteiger partial charge on any atom is -0.348 e. The van der Waals surface area contributed by atoms with Gasteiger partial charge in [-0.3, -0.25) is 4.79 Å². The van der Waals surface area contributed by atoms with E-state index in [1.165, 1.54) is 18.2 Å². The van der Waals surface area contributed by atoms with Gasteiger partial charge in [0.2, 0.25) is 10.0 Å². The van der Waals surface area contributed by atoms with Crippen molar-refractivity contribution < 1.29 is 17.6 Å². The number of carbonyl (C=O) groups is 1. The van der Waals surface area contributed by atoms with Crippen LogP contribution in [0.15, 0.2) is 41.3 Å². The predicted octanol–water partition coefficient (Wildman–Crippen LogP) is 3.45. The summed E-state index contributed by atoms with van der Waals surface area (Å²) in [6.07, 6.45) is 0. The number of aryl methyl sites for hydroxylation is 2. The van der Waals surface area contributed by atoms with E-state index >= 15 is 0 Å². The molecule has 2 aromatic rings. The Morgan fingerprint density at radius 3 is 2.26 bits per heavy atom. The molecule has 0 radical (unpaired) electrons. The molecule has 146 valence electrons. The maximum Gasteiger partial charge on any atom is 0.251 e. The van der Waals surface area contributed by atoms with Crippen LogP contribution >= 0.6 is 0 Å². The van der Waals surface area contributed by atoms with Gasteiger partial charge in [-0.25, -0.2) is 17.5 Å². The van der Waals surface area contributed by atoms with Crippen molar-refractivity contribution in [3.63, 3.8) is 0 Å². The SMILES string of the molecule is Cc1ccc(CNC(=O)c2cc(S(=O)(=O)NC(C)(C)C)ccc2C)cc1F. The number of sulfonamides is 1. The second-order valence-electron chi connectivity index (χ2n) is 7.60. The lowest BCUT2D eigenvalue weighted by Crippen LogP contribution is -2.40. The second kappa shape index (κ2) is 7.78. The Kier molecular flexibility index (Phi) is 6.07. The smallest absolute Gasteiger partial charge is 0.251 e. The first-order valence-electron chi connectivity index (χ1n) is 8.57. The molecule has 0 heterocycles. The molecule has 0 unspecified atom stereocenters. The van der Waals surface area contributed by atoms with Gasteiger partial charge < -0.3 is 5.32 Å². The summed E-state index contributed by atoms with van der Waals surface area (Å²) < 4.78 is 41.2. The number of amides is 1. The Labute approximate surface area is 160 Å². The first-order chi connectivity index (χ1) is 12.4. The monoisotopic (exact) mass is 392 g/mol.